The first-order valence-corrected chi connectivity index (χ1v) is 7.27. The Morgan fingerprint density at radius 2 is 2.00 bits per heavy atom. The molecule has 0 radical (unpaired) electrons. The number of aromatic nitrogens is 2. The van der Waals surface area contributed by atoms with Gasteiger partial charge in [0.1, 0.15) is 5.52 Å². The molecule has 2 amide bonds. The SMILES string of the molecule is Cc1nc2c(NC(=O)NCCNc3ccncc3)cccc2o1. The maximum absolute atomic E-state index is 12.0. The van der Waals surface area contributed by atoms with E-state index in [1.165, 1.54) is 0 Å². The van der Waals surface area contributed by atoms with E-state index >= 15 is 0 Å². The normalized spacial score (nSPS) is 10.5. The van der Waals surface area contributed by atoms with E-state index in [-0.39, 0.29) is 6.03 Å². The van der Waals surface area contributed by atoms with Crippen molar-refractivity contribution in [3.05, 3.63) is 48.6 Å². The summed E-state index contributed by atoms with van der Waals surface area (Å²) in [5.74, 6) is 0.566. The number of benzene rings is 1. The molecule has 0 saturated carbocycles. The van der Waals surface area contributed by atoms with Crippen LogP contribution in [0, 0.1) is 6.92 Å². The molecule has 7 nitrogen and oxygen atoms in total. The number of urea groups is 1. The molecule has 0 atom stereocenters. The second kappa shape index (κ2) is 6.78. The van der Waals surface area contributed by atoms with Gasteiger partial charge in [-0.05, 0) is 24.3 Å². The fourth-order valence-corrected chi connectivity index (χ4v) is 2.18. The van der Waals surface area contributed by atoms with Crippen LogP contribution in [0.25, 0.3) is 11.1 Å². The first-order chi connectivity index (χ1) is 11.2. The first-order valence-electron chi connectivity index (χ1n) is 7.27. The van der Waals surface area contributed by atoms with E-state index in [1.54, 1.807) is 25.4 Å². The zero-order valence-corrected chi connectivity index (χ0v) is 12.7. The zero-order valence-electron chi connectivity index (χ0n) is 12.7. The van der Waals surface area contributed by atoms with E-state index in [0.29, 0.717) is 35.8 Å². The van der Waals surface area contributed by atoms with E-state index in [0.717, 1.165) is 5.69 Å². The molecule has 2 heterocycles. The average Bonchev–Trinajstić information content (AvgIpc) is 2.94. The minimum Gasteiger partial charge on any atom is -0.441 e. The standard InChI is InChI=1S/C16H17N5O2/c1-11-20-15-13(3-2-4-14(15)23-11)21-16(22)19-10-9-18-12-5-7-17-8-6-12/h2-8H,9-10H2,1H3,(H,17,18)(H2,19,21,22). The second-order valence-corrected chi connectivity index (χ2v) is 4.93. The van der Waals surface area contributed by atoms with Crippen molar-refractivity contribution in [2.45, 2.75) is 6.92 Å². The van der Waals surface area contributed by atoms with Crippen LogP contribution in [0.1, 0.15) is 5.89 Å². The van der Waals surface area contributed by atoms with Crippen molar-refractivity contribution in [3.8, 4) is 0 Å². The van der Waals surface area contributed by atoms with Crippen molar-refractivity contribution in [3.63, 3.8) is 0 Å². The third kappa shape index (κ3) is 3.76. The van der Waals surface area contributed by atoms with Crippen LogP contribution in [0.4, 0.5) is 16.2 Å². The number of aryl methyl sites for hydroxylation is 1. The molecule has 3 aromatic rings. The van der Waals surface area contributed by atoms with Crippen LogP contribution in [0.5, 0.6) is 0 Å². The van der Waals surface area contributed by atoms with Gasteiger partial charge in [-0.15, -0.1) is 0 Å². The lowest BCUT2D eigenvalue weighted by atomic mass is 10.3. The molecule has 0 bridgehead atoms. The number of fused-ring (bicyclic) bond motifs is 1. The maximum atomic E-state index is 12.0. The van der Waals surface area contributed by atoms with Gasteiger partial charge in [0.2, 0.25) is 0 Å². The molecule has 0 aliphatic heterocycles. The van der Waals surface area contributed by atoms with Crippen LogP contribution in [0.3, 0.4) is 0 Å². The number of rotatable bonds is 5. The lowest BCUT2D eigenvalue weighted by Gasteiger charge is -2.09. The molecule has 3 rings (SSSR count). The summed E-state index contributed by atoms with van der Waals surface area (Å²) in [5, 5.41) is 8.76. The predicted octanol–water partition coefficient (Wildman–Crippen LogP) is 2.76. The summed E-state index contributed by atoms with van der Waals surface area (Å²) < 4.78 is 5.44. The number of oxazole rings is 1. The lowest BCUT2D eigenvalue weighted by Crippen LogP contribution is -2.32. The van der Waals surface area contributed by atoms with E-state index in [9.17, 15) is 4.79 Å². The molecule has 0 aliphatic rings. The molecule has 7 heteroatoms. The highest BCUT2D eigenvalue weighted by atomic mass is 16.3. The zero-order chi connectivity index (χ0) is 16.1. The molecule has 0 aliphatic carbocycles. The molecule has 0 saturated heterocycles. The van der Waals surface area contributed by atoms with Gasteiger partial charge in [-0.1, -0.05) is 6.07 Å². The fourth-order valence-electron chi connectivity index (χ4n) is 2.18. The van der Waals surface area contributed by atoms with Crippen molar-refractivity contribution in [1.29, 1.82) is 0 Å². The number of hydrogen-bond donors (Lipinski definition) is 3. The monoisotopic (exact) mass is 311 g/mol. The number of hydrogen-bond acceptors (Lipinski definition) is 5. The van der Waals surface area contributed by atoms with Crippen molar-refractivity contribution >= 4 is 28.5 Å². The van der Waals surface area contributed by atoms with E-state index in [4.69, 9.17) is 4.42 Å². The van der Waals surface area contributed by atoms with E-state index in [1.807, 2.05) is 24.3 Å². The van der Waals surface area contributed by atoms with Gasteiger partial charge in [0, 0.05) is 38.1 Å². The Balaban J connectivity index is 1.51. The van der Waals surface area contributed by atoms with Gasteiger partial charge in [0.15, 0.2) is 11.5 Å². The minimum atomic E-state index is -0.283. The Labute approximate surface area is 133 Å². The van der Waals surface area contributed by atoms with Crippen molar-refractivity contribution in [1.82, 2.24) is 15.3 Å². The number of nitrogens with zero attached hydrogens (tertiary/aromatic N) is 2. The van der Waals surface area contributed by atoms with E-state index in [2.05, 4.69) is 25.9 Å². The number of anilines is 2. The van der Waals surface area contributed by atoms with Gasteiger partial charge in [-0.2, -0.15) is 0 Å². The second-order valence-electron chi connectivity index (χ2n) is 4.93. The highest BCUT2D eigenvalue weighted by Gasteiger charge is 2.09. The molecule has 2 aromatic heterocycles. The van der Waals surface area contributed by atoms with Gasteiger partial charge in [0.25, 0.3) is 0 Å². The molecule has 118 valence electrons. The molecular weight excluding hydrogens is 294 g/mol. The Morgan fingerprint density at radius 3 is 2.83 bits per heavy atom. The average molecular weight is 311 g/mol. The number of carbonyl (C=O) groups excluding carboxylic acids is 1. The number of nitrogens with one attached hydrogen (secondary N) is 3. The van der Waals surface area contributed by atoms with Crippen LogP contribution in [-0.4, -0.2) is 29.1 Å². The predicted molar refractivity (Wildman–Crippen MR) is 88.5 cm³/mol. The molecule has 1 aromatic carbocycles. The van der Waals surface area contributed by atoms with E-state index < -0.39 is 0 Å². The van der Waals surface area contributed by atoms with Gasteiger partial charge in [-0.25, -0.2) is 9.78 Å². The Hall–Kier alpha value is -3.09. The number of carbonyl (C=O) groups is 1. The lowest BCUT2D eigenvalue weighted by molar-refractivity contribution is 0.252. The number of para-hydroxylation sites is 1. The van der Waals surface area contributed by atoms with Crippen LogP contribution < -0.4 is 16.0 Å². The molecule has 0 spiro atoms. The smallest absolute Gasteiger partial charge is 0.319 e. The minimum absolute atomic E-state index is 0.283. The van der Waals surface area contributed by atoms with Crippen LogP contribution in [0.2, 0.25) is 0 Å². The van der Waals surface area contributed by atoms with Gasteiger partial charge >= 0.3 is 6.03 Å². The molecule has 3 N–H and O–H groups in total. The van der Waals surface area contributed by atoms with Crippen molar-refractivity contribution in [2.75, 3.05) is 23.7 Å². The molecule has 23 heavy (non-hydrogen) atoms. The van der Waals surface area contributed by atoms with Gasteiger partial charge in [-0.3, -0.25) is 4.98 Å². The quantitative estimate of drug-likeness (QED) is 0.630. The summed E-state index contributed by atoms with van der Waals surface area (Å²) in [5.41, 5.74) is 2.89. The van der Waals surface area contributed by atoms with Crippen LogP contribution >= 0.6 is 0 Å². The summed E-state index contributed by atoms with van der Waals surface area (Å²) in [4.78, 5) is 20.2. The Morgan fingerprint density at radius 1 is 1.17 bits per heavy atom. The highest BCUT2D eigenvalue weighted by molar-refractivity contribution is 5.98. The summed E-state index contributed by atoms with van der Waals surface area (Å²) in [6.07, 6.45) is 3.42. The summed E-state index contributed by atoms with van der Waals surface area (Å²) in [6.45, 7) is 2.88. The van der Waals surface area contributed by atoms with Crippen molar-refractivity contribution < 1.29 is 9.21 Å². The molecular formula is C16H17N5O2. The maximum Gasteiger partial charge on any atom is 0.319 e. The first kappa shape index (κ1) is 14.8. The highest BCUT2D eigenvalue weighted by Crippen LogP contribution is 2.23. The fraction of sp³-hybridized carbons (Fsp3) is 0.188. The topological polar surface area (TPSA) is 92.1 Å². The molecule has 0 fully saturated rings. The van der Waals surface area contributed by atoms with Crippen LogP contribution in [0.15, 0.2) is 47.1 Å². The number of amides is 2. The van der Waals surface area contributed by atoms with Gasteiger partial charge < -0.3 is 20.4 Å². The van der Waals surface area contributed by atoms with Crippen LogP contribution in [-0.2, 0) is 0 Å². The van der Waals surface area contributed by atoms with Crippen molar-refractivity contribution in [2.24, 2.45) is 0 Å². The van der Waals surface area contributed by atoms with Gasteiger partial charge in [0.05, 0.1) is 5.69 Å². The third-order valence-electron chi connectivity index (χ3n) is 3.19. The molecule has 0 unspecified atom stereocenters. The Bertz CT molecular complexity index is 801. The summed E-state index contributed by atoms with van der Waals surface area (Å²) in [7, 11) is 0. The third-order valence-corrected chi connectivity index (χ3v) is 3.19. The summed E-state index contributed by atoms with van der Waals surface area (Å²) in [6, 6.07) is 8.88. The summed E-state index contributed by atoms with van der Waals surface area (Å²) >= 11 is 0. The Kier molecular flexibility index (Phi) is 4.37. The largest absolute Gasteiger partial charge is 0.441 e. The number of pyridine rings is 1.